The summed E-state index contributed by atoms with van der Waals surface area (Å²) >= 11 is 0. The van der Waals surface area contributed by atoms with Gasteiger partial charge in [0.1, 0.15) is 12.4 Å². The second kappa shape index (κ2) is 10.5. The maximum atomic E-state index is 12.0. The van der Waals surface area contributed by atoms with E-state index < -0.39 is 10.0 Å². The zero-order valence-electron chi connectivity index (χ0n) is 18.2. The molecule has 0 heterocycles. The molecule has 0 bridgehead atoms. The summed E-state index contributed by atoms with van der Waals surface area (Å²) in [5.41, 5.74) is 1.94. The van der Waals surface area contributed by atoms with Crippen LogP contribution >= 0.6 is 0 Å². The normalized spacial score (nSPS) is 11.7. The number of anilines is 1. The molecule has 0 atom stereocenters. The molecule has 1 amide bonds. The lowest BCUT2D eigenvalue weighted by Crippen LogP contribution is -2.32. The van der Waals surface area contributed by atoms with Gasteiger partial charge in [-0.05, 0) is 41.7 Å². The Balaban J connectivity index is 1.71. The van der Waals surface area contributed by atoms with Crippen LogP contribution in [0.3, 0.4) is 0 Å². The van der Waals surface area contributed by atoms with Crippen LogP contribution < -0.4 is 14.4 Å². The molecule has 2 aromatic rings. The lowest BCUT2D eigenvalue weighted by molar-refractivity contribution is -0.121. The Kier molecular flexibility index (Phi) is 8.29. The second-order valence-corrected chi connectivity index (χ2v) is 10.2. The molecule has 0 aliphatic heterocycles. The molecule has 6 nitrogen and oxygen atoms in total. The molecule has 0 unspecified atom stereocenters. The van der Waals surface area contributed by atoms with E-state index in [4.69, 9.17) is 4.74 Å². The quantitative estimate of drug-likeness (QED) is 0.581. The molecule has 0 aliphatic rings. The van der Waals surface area contributed by atoms with E-state index in [0.717, 1.165) is 5.75 Å². The third-order valence-corrected chi connectivity index (χ3v) is 5.82. The van der Waals surface area contributed by atoms with Crippen LogP contribution in [0.5, 0.6) is 5.75 Å². The fourth-order valence-electron chi connectivity index (χ4n) is 2.96. The van der Waals surface area contributed by atoms with Crippen LogP contribution in [0, 0.1) is 0 Å². The Morgan fingerprint density at radius 1 is 1.03 bits per heavy atom. The van der Waals surface area contributed by atoms with Gasteiger partial charge in [-0.15, -0.1) is 0 Å². The van der Waals surface area contributed by atoms with Crippen molar-refractivity contribution in [2.45, 2.75) is 39.0 Å². The number of hydrogen-bond acceptors (Lipinski definition) is 4. The third kappa shape index (κ3) is 7.71. The minimum Gasteiger partial charge on any atom is -0.492 e. The van der Waals surface area contributed by atoms with Gasteiger partial charge in [-0.2, -0.15) is 0 Å². The van der Waals surface area contributed by atoms with Gasteiger partial charge in [0, 0.05) is 13.0 Å². The maximum Gasteiger partial charge on any atom is 0.232 e. The van der Waals surface area contributed by atoms with Crippen molar-refractivity contribution in [1.29, 1.82) is 0 Å². The number of nitrogens with one attached hydrogen (secondary N) is 1. The van der Waals surface area contributed by atoms with Crippen LogP contribution in [0.2, 0.25) is 0 Å². The first-order valence-electron chi connectivity index (χ1n) is 10.1. The zero-order chi connectivity index (χ0) is 22.2. The molecular weight excluding hydrogens is 400 g/mol. The molecule has 0 fully saturated rings. The molecule has 1 N–H and O–H groups in total. The van der Waals surface area contributed by atoms with Crippen molar-refractivity contribution in [3.8, 4) is 5.75 Å². The number of benzene rings is 2. The number of sulfonamides is 1. The highest BCUT2D eigenvalue weighted by Gasteiger charge is 2.17. The van der Waals surface area contributed by atoms with Crippen molar-refractivity contribution < 1.29 is 17.9 Å². The lowest BCUT2D eigenvalue weighted by atomic mass is 9.87. The van der Waals surface area contributed by atoms with Gasteiger partial charge in [-0.25, -0.2) is 8.42 Å². The maximum absolute atomic E-state index is 12.0. The molecule has 0 radical (unpaired) electrons. The van der Waals surface area contributed by atoms with Gasteiger partial charge in [-0.3, -0.25) is 9.10 Å². The van der Waals surface area contributed by atoms with Crippen molar-refractivity contribution in [2.75, 3.05) is 30.3 Å². The summed E-state index contributed by atoms with van der Waals surface area (Å²) in [7, 11) is -3.40. The van der Waals surface area contributed by atoms with Crippen LogP contribution in [0.1, 0.15) is 39.2 Å². The standard InChI is InChI=1S/C23H32N2O4S/c1-23(2,3)19-12-14-21(15-13-19)29-18-16-24-22(26)11-8-17-25(30(4,27)28)20-9-6-5-7-10-20/h5-7,9-10,12-15H,8,11,16-18H2,1-4H3,(H,24,26). The van der Waals surface area contributed by atoms with Gasteiger partial charge >= 0.3 is 0 Å². The Morgan fingerprint density at radius 2 is 1.67 bits per heavy atom. The van der Waals surface area contributed by atoms with Crippen LogP contribution in [0.25, 0.3) is 0 Å². The molecule has 0 spiro atoms. The molecule has 2 rings (SSSR count). The van der Waals surface area contributed by atoms with E-state index in [0.29, 0.717) is 25.3 Å². The average molecular weight is 433 g/mol. The van der Waals surface area contributed by atoms with E-state index in [9.17, 15) is 13.2 Å². The summed E-state index contributed by atoms with van der Waals surface area (Å²) in [5.74, 6) is 0.645. The van der Waals surface area contributed by atoms with Crippen molar-refractivity contribution in [1.82, 2.24) is 5.32 Å². The first-order valence-corrected chi connectivity index (χ1v) is 11.9. The number of carbonyl (C=O) groups is 1. The number of para-hydroxylation sites is 1. The van der Waals surface area contributed by atoms with E-state index in [2.05, 4.69) is 26.1 Å². The number of rotatable bonds is 10. The summed E-state index contributed by atoms with van der Waals surface area (Å²) in [6, 6.07) is 16.9. The molecule has 164 valence electrons. The van der Waals surface area contributed by atoms with Crippen molar-refractivity contribution in [2.24, 2.45) is 0 Å². The first kappa shape index (κ1) is 23.7. The molecule has 0 aliphatic carbocycles. The van der Waals surface area contributed by atoms with E-state index >= 15 is 0 Å². The Hall–Kier alpha value is -2.54. The number of carbonyl (C=O) groups excluding carboxylic acids is 1. The number of ether oxygens (including phenoxy) is 1. The highest BCUT2D eigenvalue weighted by molar-refractivity contribution is 7.92. The van der Waals surface area contributed by atoms with Gasteiger partial charge in [-0.1, -0.05) is 51.1 Å². The lowest BCUT2D eigenvalue weighted by Gasteiger charge is -2.22. The molecule has 0 saturated carbocycles. The van der Waals surface area contributed by atoms with Crippen LogP contribution in [0.15, 0.2) is 54.6 Å². The minimum atomic E-state index is -3.40. The van der Waals surface area contributed by atoms with E-state index in [-0.39, 0.29) is 24.3 Å². The van der Waals surface area contributed by atoms with Crippen LogP contribution in [-0.4, -0.2) is 40.3 Å². The minimum absolute atomic E-state index is 0.0969. The highest BCUT2D eigenvalue weighted by atomic mass is 32.2. The molecule has 2 aromatic carbocycles. The predicted octanol–water partition coefficient (Wildman–Crippen LogP) is 3.73. The summed E-state index contributed by atoms with van der Waals surface area (Å²) in [6.07, 6.45) is 1.85. The number of hydrogen-bond donors (Lipinski definition) is 1. The largest absolute Gasteiger partial charge is 0.492 e. The summed E-state index contributed by atoms with van der Waals surface area (Å²) < 4.78 is 31.1. The molecule has 7 heteroatoms. The zero-order valence-corrected chi connectivity index (χ0v) is 19.0. The molecule has 0 aromatic heterocycles. The van der Waals surface area contributed by atoms with Crippen LogP contribution in [0.4, 0.5) is 5.69 Å². The Morgan fingerprint density at radius 3 is 2.23 bits per heavy atom. The smallest absolute Gasteiger partial charge is 0.232 e. The van der Waals surface area contributed by atoms with Crippen LogP contribution in [-0.2, 0) is 20.2 Å². The van der Waals surface area contributed by atoms with Gasteiger partial charge in [0.2, 0.25) is 15.9 Å². The number of amides is 1. The van der Waals surface area contributed by atoms with Crippen molar-refractivity contribution in [3.05, 3.63) is 60.2 Å². The number of nitrogens with zero attached hydrogens (tertiary/aromatic N) is 1. The van der Waals surface area contributed by atoms with Gasteiger partial charge < -0.3 is 10.1 Å². The summed E-state index contributed by atoms with van der Waals surface area (Å²) in [5, 5.41) is 2.81. The van der Waals surface area contributed by atoms with Gasteiger partial charge in [0.15, 0.2) is 0 Å². The first-order chi connectivity index (χ1) is 14.1. The fourth-order valence-corrected chi connectivity index (χ4v) is 3.93. The fraction of sp³-hybridized carbons (Fsp3) is 0.435. The van der Waals surface area contributed by atoms with E-state index in [1.165, 1.54) is 16.1 Å². The van der Waals surface area contributed by atoms with Crippen molar-refractivity contribution >= 4 is 21.6 Å². The predicted molar refractivity (Wildman–Crippen MR) is 122 cm³/mol. The Labute approximate surface area is 180 Å². The average Bonchev–Trinajstić information content (AvgIpc) is 2.68. The molecular formula is C23H32N2O4S. The molecule has 0 saturated heterocycles. The SMILES string of the molecule is CC(C)(C)c1ccc(OCCNC(=O)CCCN(c2ccccc2)S(C)(=O)=O)cc1. The summed E-state index contributed by atoms with van der Waals surface area (Å²) in [4.78, 5) is 12.0. The van der Waals surface area contributed by atoms with Crippen molar-refractivity contribution in [3.63, 3.8) is 0 Å². The topological polar surface area (TPSA) is 75.7 Å². The third-order valence-electron chi connectivity index (χ3n) is 4.62. The van der Waals surface area contributed by atoms with E-state index in [1.54, 1.807) is 24.3 Å². The molecule has 30 heavy (non-hydrogen) atoms. The second-order valence-electron chi connectivity index (χ2n) is 8.25. The highest BCUT2D eigenvalue weighted by Crippen LogP contribution is 2.24. The monoisotopic (exact) mass is 432 g/mol. The van der Waals surface area contributed by atoms with Gasteiger partial charge in [0.25, 0.3) is 0 Å². The van der Waals surface area contributed by atoms with E-state index in [1.807, 2.05) is 30.3 Å². The van der Waals surface area contributed by atoms with Gasteiger partial charge in [0.05, 0.1) is 18.5 Å². The Bertz CT molecular complexity index is 904. The summed E-state index contributed by atoms with van der Waals surface area (Å²) in [6.45, 7) is 7.51.